The van der Waals surface area contributed by atoms with Crippen molar-refractivity contribution in [3.05, 3.63) is 29.3 Å². The van der Waals surface area contributed by atoms with Gasteiger partial charge in [0.1, 0.15) is 12.4 Å². The van der Waals surface area contributed by atoms with Crippen molar-refractivity contribution in [1.29, 1.82) is 5.26 Å². The first-order chi connectivity index (χ1) is 6.63. The van der Waals surface area contributed by atoms with E-state index >= 15 is 0 Å². The Labute approximate surface area is 83.6 Å². The average molecular weight is 191 g/mol. The average Bonchev–Trinajstić information content (AvgIpc) is 2.16. The largest absolute Gasteiger partial charge is 0.491 e. The Morgan fingerprint density at radius 3 is 2.86 bits per heavy atom. The predicted octanol–water partition coefficient (Wildman–Crippen LogP) is 1.63. The highest BCUT2D eigenvalue weighted by Gasteiger charge is 2.03. The standard InChI is InChI=1S/C11H13NO2/c1-8-3-4-10(6-12)5-11(8)14-7-9(2)13/h3-5,9,13H,7H2,1-2H3/t9-/m0/s1. The van der Waals surface area contributed by atoms with E-state index in [0.717, 1.165) is 5.56 Å². The highest BCUT2D eigenvalue weighted by atomic mass is 16.5. The first-order valence-corrected chi connectivity index (χ1v) is 4.45. The molecule has 1 atom stereocenters. The van der Waals surface area contributed by atoms with Crippen molar-refractivity contribution < 1.29 is 9.84 Å². The van der Waals surface area contributed by atoms with Gasteiger partial charge in [0.2, 0.25) is 0 Å². The molecule has 0 fully saturated rings. The van der Waals surface area contributed by atoms with Crippen LogP contribution >= 0.6 is 0 Å². The molecule has 0 radical (unpaired) electrons. The van der Waals surface area contributed by atoms with Crippen molar-refractivity contribution in [2.45, 2.75) is 20.0 Å². The second-order valence-corrected chi connectivity index (χ2v) is 3.25. The van der Waals surface area contributed by atoms with Gasteiger partial charge in [-0.2, -0.15) is 5.26 Å². The molecule has 0 unspecified atom stereocenters. The fourth-order valence-corrected chi connectivity index (χ4v) is 1.04. The van der Waals surface area contributed by atoms with Gasteiger partial charge in [0.15, 0.2) is 0 Å². The normalized spacial score (nSPS) is 11.9. The zero-order chi connectivity index (χ0) is 10.6. The highest BCUT2D eigenvalue weighted by Crippen LogP contribution is 2.19. The van der Waals surface area contributed by atoms with Gasteiger partial charge >= 0.3 is 0 Å². The van der Waals surface area contributed by atoms with Gasteiger partial charge in [0.05, 0.1) is 17.7 Å². The summed E-state index contributed by atoms with van der Waals surface area (Å²) in [6, 6.07) is 7.29. The van der Waals surface area contributed by atoms with Gasteiger partial charge in [0.25, 0.3) is 0 Å². The fraction of sp³-hybridized carbons (Fsp3) is 0.364. The van der Waals surface area contributed by atoms with E-state index in [2.05, 4.69) is 0 Å². The van der Waals surface area contributed by atoms with Crippen molar-refractivity contribution in [3.63, 3.8) is 0 Å². The maximum atomic E-state index is 9.04. The number of hydrogen-bond donors (Lipinski definition) is 1. The van der Waals surface area contributed by atoms with E-state index in [1.165, 1.54) is 0 Å². The van der Waals surface area contributed by atoms with E-state index in [4.69, 9.17) is 15.1 Å². The zero-order valence-electron chi connectivity index (χ0n) is 8.32. The molecule has 0 bridgehead atoms. The van der Waals surface area contributed by atoms with Crippen LogP contribution in [0.2, 0.25) is 0 Å². The smallest absolute Gasteiger partial charge is 0.123 e. The van der Waals surface area contributed by atoms with Crippen molar-refractivity contribution in [2.75, 3.05) is 6.61 Å². The first kappa shape index (κ1) is 10.6. The van der Waals surface area contributed by atoms with Crippen LogP contribution in [-0.2, 0) is 0 Å². The lowest BCUT2D eigenvalue weighted by atomic mass is 10.1. The number of aliphatic hydroxyl groups is 1. The Morgan fingerprint density at radius 2 is 2.29 bits per heavy atom. The lowest BCUT2D eigenvalue weighted by Gasteiger charge is -2.10. The lowest BCUT2D eigenvalue weighted by molar-refractivity contribution is 0.122. The number of hydrogen-bond acceptors (Lipinski definition) is 3. The quantitative estimate of drug-likeness (QED) is 0.790. The number of rotatable bonds is 3. The Kier molecular flexibility index (Phi) is 3.49. The molecular weight excluding hydrogens is 178 g/mol. The molecule has 0 heterocycles. The third kappa shape index (κ3) is 2.75. The van der Waals surface area contributed by atoms with Gasteiger partial charge in [-0.05, 0) is 31.5 Å². The monoisotopic (exact) mass is 191 g/mol. The van der Waals surface area contributed by atoms with E-state index in [-0.39, 0.29) is 6.61 Å². The van der Waals surface area contributed by atoms with Crippen molar-refractivity contribution in [1.82, 2.24) is 0 Å². The number of aryl methyl sites for hydroxylation is 1. The molecule has 1 aromatic rings. The van der Waals surface area contributed by atoms with Crippen LogP contribution in [0.3, 0.4) is 0 Å². The van der Waals surface area contributed by atoms with Gasteiger partial charge < -0.3 is 9.84 Å². The fourth-order valence-electron chi connectivity index (χ4n) is 1.04. The number of nitrogens with zero attached hydrogens (tertiary/aromatic N) is 1. The topological polar surface area (TPSA) is 53.2 Å². The third-order valence-corrected chi connectivity index (χ3v) is 1.80. The minimum Gasteiger partial charge on any atom is -0.491 e. The van der Waals surface area contributed by atoms with Crippen molar-refractivity contribution >= 4 is 0 Å². The molecular formula is C11H13NO2. The van der Waals surface area contributed by atoms with Gasteiger partial charge in [0, 0.05) is 0 Å². The second-order valence-electron chi connectivity index (χ2n) is 3.25. The van der Waals surface area contributed by atoms with Crippen LogP contribution in [0.5, 0.6) is 5.75 Å². The Morgan fingerprint density at radius 1 is 1.57 bits per heavy atom. The molecule has 3 heteroatoms. The number of aliphatic hydroxyl groups excluding tert-OH is 1. The summed E-state index contributed by atoms with van der Waals surface area (Å²) in [6.07, 6.45) is -0.500. The predicted molar refractivity (Wildman–Crippen MR) is 53.1 cm³/mol. The molecule has 0 saturated carbocycles. The molecule has 0 saturated heterocycles. The minimum absolute atomic E-state index is 0.246. The number of nitriles is 1. The Hall–Kier alpha value is -1.53. The molecule has 1 N–H and O–H groups in total. The molecule has 0 amide bonds. The summed E-state index contributed by atoms with van der Waals surface area (Å²) >= 11 is 0. The second kappa shape index (κ2) is 4.64. The van der Waals surface area contributed by atoms with E-state index in [1.807, 2.05) is 19.1 Å². The van der Waals surface area contributed by atoms with Gasteiger partial charge in [-0.3, -0.25) is 0 Å². The van der Waals surface area contributed by atoms with Crippen LogP contribution in [0.15, 0.2) is 18.2 Å². The summed E-state index contributed by atoms with van der Waals surface area (Å²) in [7, 11) is 0. The first-order valence-electron chi connectivity index (χ1n) is 4.45. The molecule has 0 aliphatic heterocycles. The number of ether oxygens (including phenoxy) is 1. The van der Waals surface area contributed by atoms with Gasteiger partial charge in [-0.1, -0.05) is 6.07 Å². The number of benzene rings is 1. The van der Waals surface area contributed by atoms with Crippen molar-refractivity contribution in [3.8, 4) is 11.8 Å². The summed E-state index contributed by atoms with van der Waals surface area (Å²) in [5.74, 6) is 0.657. The lowest BCUT2D eigenvalue weighted by Crippen LogP contribution is -2.13. The molecule has 1 rings (SSSR count). The maximum Gasteiger partial charge on any atom is 0.123 e. The molecule has 0 aliphatic carbocycles. The SMILES string of the molecule is Cc1ccc(C#N)cc1OC[C@H](C)O. The summed E-state index contributed by atoms with van der Waals surface area (Å²) in [5.41, 5.74) is 1.53. The molecule has 3 nitrogen and oxygen atoms in total. The van der Waals surface area contributed by atoms with E-state index in [1.54, 1.807) is 19.1 Å². The minimum atomic E-state index is -0.500. The summed E-state index contributed by atoms with van der Waals surface area (Å²) in [6.45, 7) is 3.80. The van der Waals surface area contributed by atoms with Crippen LogP contribution < -0.4 is 4.74 Å². The molecule has 1 aromatic carbocycles. The van der Waals surface area contributed by atoms with E-state index in [0.29, 0.717) is 11.3 Å². The summed E-state index contributed by atoms with van der Waals surface area (Å²) in [4.78, 5) is 0. The molecule has 0 spiro atoms. The van der Waals surface area contributed by atoms with Crippen molar-refractivity contribution in [2.24, 2.45) is 0 Å². The van der Waals surface area contributed by atoms with E-state index in [9.17, 15) is 0 Å². The van der Waals surface area contributed by atoms with E-state index < -0.39 is 6.10 Å². The highest BCUT2D eigenvalue weighted by molar-refractivity contribution is 5.41. The summed E-state index contributed by atoms with van der Waals surface area (Å²) < 4.78 is 5.34. The Bertz CT molecular complexity index is 353. The van der Waals surface area contributed by atoms with Gasteiger partial charge in [-0.15, -0.1) is 0 Å². The molecule has 0 aromatic heterocycles. The van der Waals surface area contributed by atoms with Crippen LogP contribution in [-0.4, -0.2) is 17.8 Å². The molecule has 0 aliphatic rings. The van der Waals surface area contributed by atoms with Gasteiger partial charge in [-0.25, -0.2) is 0 Å². The Balaban J connectivity index is 2.80. The zero-order valence-corrected chi connectivity index (χ0v) is 8.32. The molecule has 74 valence electrons. The van der Waals surface area contributed by atoms with Crippen LogP contribution in [0.4, 0.5) is 0 Å². The third-order valence-electron chi connectivity index (χ3n) is 1.80. The van der Waals surface area contributed by atoms with Crippen LogP contribution in [0.25, 0.3) is 0 Å². The maximum absolute atomic E-state index is 9.04. The van der Waals surface area contributed by atoms with Crippen LogP contribution in [0.1, 0.15) is 18.1 Å². The summed E-state index contributed by atoms with van der Waals surface area (Å²) in [5, 5.41) is 17.7. The van der Waals surface area contributed by atoms with Crippen LogP contribution in [0, 0.1) is 18.3 Å². The molecule has 14 heavy (non-hydrogen) atoms.